The summed E-state index contributed by atoms with van der Waals surface area (Å²) in [4.78, 5) is 41.8. The Labute approximate surface area is 708 Å². The number of aromatic nitrogens is 8. The van der Waals surface area contributed by atoms with Crippen molar-refractivity contribution in [3.63, 3.8) is 0 Å². The summed E-state index contributed by atoms with van der Waals surface area (Å²) in [6.07, 6.45) is 0. The van der Waals surface area contributed by atoms with Crippen molar-refractivity contribution in [2.45, 2.75) is 183 Å². The molecule has 562 valence electrons. The monoisotopic (exact) mass is 1740 g/mol. The van der Waals surface area contributed by atoms with Crippen LogP contribution in [0.4, 0.5) is 0 Å². The number of halogens is 12. The molecule has 13 rings (SSSR count). The van der Waals surface area contributed by atoms with E-state index >= 15 is 0 Å². The van der Waals surface area contributed by atoms with E-state index in [0.717, 1.165) is 38.9 Å². The predicted octanol–water partition coefficient (Wildman–Crippen LogP) is 30.2. The molecule has 3 aromatic heterocycles. The fourth-order valence-corrected chi connectivity index (χ4v) is 16.5. The average Bonchev–Trinajstić information content (AvgIpc) is 1.58. The van der Waals surface area contributed by atoms with Crippen molar-refractivity contribution < 1.29 is 38.4 Å². The van der Waals surface area contributed by atoms with Gasteiger partial charge in [-0.15, -0.1) is 0 Å². The quantitative estimate of drug-likeness (QED) is 0.106. The van der Waals surface area contributed by atoms with Gasteiger partial charge in [0.1, 0.15) is 43.1 Å². The minimum Gasteiger partial charge on any atom is -0.454 e. The van der Waals surface area contributed by atoms with E-state index in [0.29, 0.717) is 23.0 Å². The Bertz CT molecular complexity index is 5870. The molecule has 2 aliphatic rings. The summed E-state index contributed by atoms with van der Waals surface area (Å²) in [5.41, 5.74) is 4.04. The zero-order valence-corrected chi connectivity index (χ0v) is 76.0. The third-order valence-corrected chi connectivity index (χ3v) is 23.9. The first-order chi connectivity index (χ1) is 50.0. The van der Waals surface area contributed by atoms with Gasteiger partial charge in [0.05, 0.1) is 63.5 Å². The Morgan fingerprint density at radius 2 is 0.486 bits per heavy atom. The SMILES string of the molecule is CC(C)(C)c1ccc(Oc2c(Cl)c(Cl)c3c(c2Cl)-c2nc-3nc3[n-]c(nc4nc(nc5[n-]c(n2)c2c(Cl)c(Cl)c(Oc6ccc(C(C)(C)C)cc6C(C)(C)C)c(Cl)c52)-c2c(Cl)c(Oc5ccc(C(C)(C)C)cc5C(C)(C)C)c(Cl)c(Cl)c2-4)c2c(Cl)c(Cl)c(Oc4ccccc4C(C)(C)C)c(Cl)c32)c(C(C)(C)C)c1.[Zn+2]. The number of benzene rings is 8. The van der Waals surface area contributed by atoms with Gasteiger partial charge in [-0.05, 0) is 78.9 Å². The largest absolute Gasteiger partial charge is 2.00 e. The number of para-hydroxylation sites is 1. The normalized spacial score (nSPS) is 12.9. The maximum atomic E-state index is 7.87. The van der Waals surface area contributed by atoms with Gasteiger partial charge in [-0.3, -0.25) is 0 Å². The molecule has 25 heteroatoms. The van der Waals surface area contributed by atoms with E-state index in [2.05, 4.69) is 164 Å². The molecule has 8 aromatic carbocycles. The first-order valence-corrected chi connectivity index (χ1v) is 39.3. The van der Waals surface area contributed by atoms with Crippen molar-refractivity contribution in [3.05, 3.63) is 178 Å². The zero-order valence-electron chi connectivity index (χ0n) is 64.0. The van der Waals surface area contributed by atoms with E-state index in [4.69, 9.17) is 198 Å². The van der Waals surface area contributed by atoms with Gasteiger partial charge < -0.3 is 48.9 Å². The molecule has 109 heavy (non-hydrogen) atoms. The molecule has 0 unspecified atom stereocenters. The molecular weight excluding hydrogens is 1680 g/mol. The number of hydrogen-bond donors (Lipinski definition) is 0. The van der Waals surface area contributed by atoms with Crippen LogP contribution in [0.25, 0.3) is 89.7 Å². The van der Waals surface area contributed by atoms with Crippen molar-refractivity contribution >= 4 is 183 Å². The van der Waals surface area contributed by atoms with Crippen LogP contribution in [-0.4, -0.2) is 29.9 Å². The molecule has 12 nitrogen and oxygen atoms in total. The second-order valence-electron chi connectivity index (χ2n) is 34.4. The minimum absolute atomic E-state index is 0. The molecule has 2 aliphatic heterocycles. The molecule has 0 saturated carbocycles. The predicted molar refractivity (Wildman–Crippen MR) is 451 cm³/mol. The first kappa shape index (κ1) is 82.9. The van der Waals surface area contributed by atoms with Gasteiger partial charge in [-0.1, -0.05) is 339 Å². The van der Waals surface area contributed by atoms with Gasteiger partial charge in [-0.25, -0.2) is 9.97 Å². The fraction of sp³-hybridized carbons (Fsp3) is 0.333. The smallest absolute Gasteiger partial charge is 0.454 e. The van der Waals surface area contributed by atoms with Gasteiger partial charge in [0.15, 0.2) is 23.0 Å². The molecule has 0 radical (unpaired) electrons. The van der Waals surface area contributed by atoms with E-state index < -0.39 is 21.7 Å². The van der Waals surface area contributed by atoms with Crippen LogP contribution in [-0.2, 0) is 57.4 Å². The number of hydrogen-bond acceptors (Lipinski definition) is 10. The molecule has 0 aliphatic carbocycles. The number of nitrogens with zero attached hydrogens (tertiary/aromatic N) is 8. The summed E-state index contributed by atoms with van der Waals surface area (Å²) in [6.45, 7) is 44.2. The molecule has 8 bridgehead atoms. The summed E-state index contributed by atoms with van der Waals surface area (Å²) in [5, 5.41) is -0.664. The Kier molecular flexibility index (Phi) is 22.1. The first-order valence-electron chi connectivity index (χ1n) is 34.8. The van der Waals surface area contributed by atoms with Crippen molar-refractivity contribution in [1.82, 2.24) is 39.9 Å². The Balaban J connectivity index is 0.0000111. The number of rotatable bonds is 8. The van der Waals surface area contributed by atoms with Crippen LogP contribution in [0.3, 0.4) is 0 Å². The maximum Gasteiger partial charge on any atom is 2.00 e. The van der Waals surface area contributed by atoms with E-state index in [-0.39, 0.29) is 209 Å². The van der Waals surface area contributed by atoms with E-state index in [1.165, 1.54) is 0 Å². The van der Waals surface area contributed by atoms with E-state index in [9.17, 15) is 0 Å². The van der Waals surface area contributed by atoms with Gasteiger partial charge in [0.25, 0.3) is 0 Å². The van der Waals surface area contributed by atoms with Crippen molar-refractivity contribution in [3.8, 4) is 91.5 Å². The standard InChI is InChI=1S/C84H76Cl12N8O4.Zn/c1-78(2,3)35-26-29-43(39(32-35)82(13,14)15)106-67-59(90)51-48(56(87)64(67)95)72-100-74-50-46(54(85)62(93)66(58(50)89)105-42-25-23-22-24-38(42)81(10,11)12)70(98-74)97-71-47-52(60(91)68(63(94)55(47)86)107-44-30-27-36(79(4,5)6)33-40(44)83(16,17)18)76(99-71)104-77-53-49(73(103-77)102-75(51)101-72)57(88)65(96)69(61(53)92)108-45-31-28-37(80(7,8)9)34-41(45)84(19,20)21;/h22-34H,1-21H3;/q-2;+2. The molecule has 0 fully saturated rings. The minimum atomic E-state index is -0.458. The Morgan fingerprint density at radius 1 is 0.248 bits per heavy atom. The number of ether oxygens (including phenoxy) is 4. The molecular formula is C84H76Cl12N8O4Zn. The topological polar surface area (TPSA) is 142 Å². The second kappa shape index (κ2) is 29.1. The van der Waals surface area contributed by atoms with Crippen molar-refractivity contribution in [1.29, 1.82) is 0 Å². The van der Waals surface area contributed by atoms with Crippen LogP contribution in [0.1, 0.15) is 184 Å². The summed E-state index contributed by atoms with van der Waals surface area (Å²) >= 11 is 92.1. The van der Waals surface area contributed by atoms with Crippen molar-refractivity contribution in [2.75, 3.05) is 0 Å². The Morgan fingerprint density at radius 3 is 0.761 bits per heavy atom. The zero-order chi connectivity index (χ0) is 79.0. The van der Waals surface area contributed by atoms with Crippen LogP contribution < -0.4 is 28.9 Å². The average molecular weight is 1750 g/mol. The van der Waals surface area contributed by atoms with Crippen LogP contribution >= 0.6 is 139 Å². The summed E-state index contributed by atoms with van der Waals surface area (Å²) in [6, 6.07) is 25.5. The third-order valence-electron chi connectivity index (χ3n) is 19.1. The molecule has 0 amide bonds. The van der Waals surface area contributed by atoms with Crippen LogP contribution in [0.15, 0.2) is 78.9 Å². The van der Waals surface area contributed by atoms with E-state index in [1.54, 1.807) is 6.07 Å². The summed E-state index contributed by atoms with van der Waals surface area (Å²) in [5.74, 6) is 1.17. The van der Waals surface area contributed by atoms with Crippen molar-refractivity contribution in [2.24, 2.45) is 0 Å². The Hall–Kier alpha value is -5.58. The van der Waals surface area contributed by atoms with Gasteiger partial charge >= 0.3 is 19.5 Å². The molecule has 0 N–H and O–H groups in total. The van der Waals surface area contributed by atoms with Crippen LogP contribution in [0.5, 0.6) is 46.0 Å². The summed E-state index contributed by atoms with van der Waals surface area (Å²) in [7, 11) is 0. The molecule has 0 atom stereocenters. The molecule has 11 aromatic rings. The third kappa shape index (κ3) is 15.0. The fourth-order valence-electron chi connectivity index (χ4n) is 13.1. The van der Waals surface area contributed by atoms with Crippen LogP contribution in [0, 0.1) is 0 Å². The van der Waals surface area contributed by atoms with Crippen LogP contribution in [0.2, 0.25) is 60.3 Å². The molecule has 0 saturated heterocycles. The molecule has 0 spiro atoms. The molecule has 5 heterocycles. The maximum absolute atomic E-state index is 7.87. The summed E-state index contributed by atoms with van der Waals surface area (Å²) < 4.78 is 27.6. The number of fused-ring (bicyclic) bond motifs is 20. The van der Waals surface area contributed by atoms with Gasteiger partial charge in [-0.2, -0.15) is 0 Å². The second-order valence-corrected chi connectivity index (χ2v) is 38.9. The van der Waals surface area contributed by atoms with Gasteiger partial charge in [0.2, 0.25) is 0 Å². The van der Waals surface area contributed by atoms with E-state index in [1.807, 2.05) is 54.6 Å². The van der Waals surface area contributed by atoms with Gasteiger partial charge in [0, 0.05) is 88.6 Å².